The molecule has 1 fully saturated rings. The Balaban J connectivity index is 1.41. The van der Waals surface area contributed by atoms with Crippen molar-refractivity contribution >= 4 is 5.91 Å². The van der Waals surface area contributed by atoms with Gasteiger partial charge in [-0.2, -0.15) is 5.10 Å². The maximum absolute atomic E-state index is 12.7. The van der Waals surface area contributed by atoms with Crippen LogP contribution in [0.4, 0.5) is 0 Å². The molecule has 1 aliphatic rings. The topological polar surface area (TPSA) is 50.2 Å². The SMILES string of the molecule is Cc1nn(-c2ccccc2)c(C)c1CC(=O)NCc1ccccc1CN1CCCC1. The summed E-state index contributed by atoms with van der Waals surface area (Å²) in [6.07, 6.45) is 2.92. The lowest BCUT2D eigenvalue weighted by molar-refractivity contribution is -0.120. The van der Waals surface area contributed by atoms with Crippen LogP contribution in [0.3, 0.4) is 0 Å². The highest BCUT2D eigenvalue weighted by molar-refractivity contribution is 5.79. The molecule has 0 unspecified atom stereocenters. The summed E-state index contributed by atoms with van der Waals surface area (Å²) < 4.78 is 1.92. The van der Waals surface area contributed by atoms with Crippen LogP contribution in [0, 0.1) is 13.8 Å². The Morgan fingerprint density at radius 3 is 2.37 bits per heavy atom. The van der Waals surface area contributed by atoms with Crippen molar-refractivity contribution in [3.05, 3.63) is 82.7 Å². The van der Waals surface area contributed by atoms with Gasteiger partial charge in [-0.3, -0.25) is 9.69 Å². The average molecular weight is 403 g/mol. The number of likely N-dealkylation sites (tertiary alicyclic amines) is 1. The van der Waals surface area contributed by atoms with Gasteiger partial charge in [0.1, 0.15) is 0 Å². The Labute approximate surface area is 178 Å². The highest BCUT2D eigenvalue weighted by Crippen LogP contribution is 2.19. The summed E-state index contributed by atoms with van der Waals surface area (Å²) >= 11 is 0. The van der Waals surface area contributed by atoms with Gasteiger partial charge in [-0.25, -0.2) is 4.68 Å². The van der Waals surface area contributed by atoms with Crippen LogP contribution in [-0.4, -0.2) is 33.7 Å². The van der Waals surface area contributed by atoms with Crippen LogP contribution < -0.4 is 5.32 Å². The first-order valence-electron chi connectivity index (χ1n) is 10.8. The summed E-state index contributed by atoms with van der Waals surface area (Å²) in [5, 5.41) is 7.78. The zero-order valence-corrected chi connectivity index (χ0v) is 17.9. The summed E-state index contributed by atoms with van der Waals surface area (Å²) in [5.74, 6) is 0.0322. The molecule has 4 rings (SSSR count). The smallest absolute Gasteiger partial charge is 0.224 e. The van der Waals surface area contributed by atoms with Gasteiger partial charge in [0.25, 0.3) is 0 Å². The van der Waals surface area contributed by atoms with E-state index in [1.807, 2.05) is 54.9 Å². The number of carbonyl (C=O) groups excluding carboxylic acids is 1. The van der Waals surface area contributed by atoms with Crippen LogP contribution in [0.15, 0.2) is 54.6 Å². The van der Waals surface area contributed by atoms with E-state index in [1.165, 1.54) is 37.1 Å². The number of aromatic nitrogens is 2. The lowest BCUT2D eigenvalue weighted by Crippen LogP contribution is -2.26. The molecule has 1 aliphatic heterocycles. The quantitative estimate of drug-likeness (QED) is 0.651. The molecular formula is C25H30N4O. The normalized spacial score (nSPS) is 14.2. The Hall–Kier alpha value is -2.92. The van der Waals surface area contributed by atoms with Crippen molar-refractivity contribution in [1.82, 2.24) is 20.0 Å². The summed E-state index contributed by atoms with van der Waals surface area (Å²) in [7, 11) is 0. The molecule has 1 N–H and O–H groups in total. The van der Waals surface area contributed by atoms with Gasteiger partial charge in [-0.15, -0.1) is 0 Å². The van der Waals surface area contributed by atoms with Gasteiger partial charge in [0.15, 0.2) is 0 Å². The van der Waals surface area contributed by atoms with Crippen LogP contribution in [0.5, 0.6) is 0 Å². The number of nitrogens with zero attached hydrogens (tertiary/aromatic N) is 3. The molecule has 3 aromatic rings. The zero-order valence-electron chi connectivity index (χ0n) is 17.9. The number of hydrogen-bond acceptors (Lipinski definition) is 3. The highest BCUT2D eigenvalue weighted by Gasteiger charge is 2.17. The zero-order chi connectivity index (χ0) is 20.9. The molecule has 156 valence electrons. The molecule has 0 bridgehead atoms. The third-order valence-electron chi connectivity index (χ3n) is 5.97. The molecule has 30 heavy (non-hydrogen) atoms. The fourth-order valence-electron chi connectivity index (χ4n) is 4.23. The number of rotatable bonds is 7. The minimum atomic E-state index is 0.0322. The van der Waals surface area contributed by atoms with E-state index in [4.69, 9.17) is 0 Å². The van der Waals surface area contributed by atoms with Gasteiger partial charge in [0.2, 0.25) is 5.91 Å². The molecular weight excluding hydrogens is 372 g/mol. The monoisotopic (exact) mass is 402 g/mol. The van der Waals surface area contributed by atoms with Gasteiger partial charge >= 0.3 is 0 Å². The van der Waals surface area contributed by atoms with E-state index < -0.39 is 0 Å². The van der Waals surface area contributed by atoms with E-state index in [9.17, 15) is 4.79 Å². The summed E-state index contributed by atoms with van der Waals surface area (Å²) in [4.78, 5) is 15.2. The summed E-state index contributed by atoms with van der Waals surface area (Å²) in [5.41, 5.74) is 6.45. The fraction of sp³-hybridized carbons (Fsp3) is 0.360. The number of nitrogens with one attached hydrogen (secondary N) is 1. The second-order valence-electron chi connectivity index (χ2n) is 8.10. The maximum Gasteiger partial charge on any atom is 0.224 e. The summed E-state index contributed by atoms with van der Waals surface area (Å²) in [6, 6.07) is 18.5. The Kier molecular flexibility index (Phi) is 6.29. The van der Waals surface area contributed by atoms with E-state index in [-0.39, 0.29) is 5.91 Å². The fourth-order valence-corrected chi connectivity index (χ4v) is 4.23. The number of amides is 1. The van der Waals surface area contributed by atoms with Crippen molar-refractivity contribution in [3.63, 3.8) is 0 Å². The lowest BCUT2D eigenvalue weighted by atomic mass is 10.1. The molecule has 1 amide bonds. The molecule has 2 heterocycles. The second kappa shape index (κ2) is 9.26. The number of para-hydroxylation sites is 1. The standard InChI is InChI=1S/C25H30N4O/c1-19-24(20(2)29(27-19)23-12-4-3-5-13-23)16-25(30)26-17-21-10-6-7-11-22(21)18-28-14-8-9-15-28/h3-7,10-13H,8-9,14-18H2,1-2H3,(H,26,30). The number of aryl methyl sites for hydroxylation is 1. The average Bonchev–Trinajstić information content (AvgIpc) is 3.37. The Bertz CT molecular complexity index is 1000. The van der Waals surface area contributed by atoms with Crippen molar-refractivity contribution in [2.75, 3.05) is 13.1 Å². The Morgan fingerprint density at radius 1 is 0.967 bits per heavy atom. The third kappa shape index (κ3) is 4.62. The molecule has 5 heteroatoms. The molecule has 2 aromatic carbocycles. The predicted molar refractivity (Wildman–Crippen MR) is 120 cm³/mol. The minimum Gasteiger partial charge on any atom is -0.352 e. The summed E-state index contributed by atoms with van der Waals surface area (Å²) in [6.45, 7) is 7.87. The van der Waals surface area contributed by atoms with Crippen LogP contribution in [0.1, 0.15) is 40.9 Å². The van der Waals surface area contributed by atoms with Crippen molar-refractivity contribution in [1.29, 1.82) is 0 Å². The Morgan fingerprint density at radius 2 is 1.63 bits per heavy atom. The van der Waals surface area contributed by atoms with Crippen molar-refractivity contribution < 1.29 is 4.79 Å². The number of hydrogen-bond donors (Lipinski definition) is 1. The predicted octanol–water partition coefficient (Wildman–Crippen LogP) is 3.94. The van der Waals surface area contributed by atoms with Crippen LogP contribution in [0.25, 0.3) is 5.69 Å². The largest absolute Gasteiger partial charge is 0.352 e. The van der Waals surface area contributed by atoms with Gasteiger partial charge in [0.05, 0.1) is 17.8 Å². The van der Waals surface area contributed by atoms with Gasteiger partial charge in [0, 0.05) is 24.3 Å². The maximum atomic E-state index is 12.7. The van der Waals surface area contributed by atoms with E-state index >= 15 is 0 Å². The molecule has 0 saturated carbocycles. The third-order valence-corrected chi connectivity index (χ3v) is 5.97. The van der Waals surface area contributed by atoms with Crippen molar-refractivity contribution in [2.24, 2.45) is 0 Å². The van der Waals surface area contributed by atoms with Crippen molar-refractivity contribution in [3.8, 4) is 5.69 Å². The molecule has 0 radical (unpaired) electrons. The van der Waals surface area contributed by atoms with Gasteiger partial charge in [-0.1, -0.05) is 42.5 Å². The first-order valence-corrected chi connectivity index (χ1v) is 10.8. The van der Waals surface area contributed by atoms with Crippen LogP contribution >= 0.6 is 0 Å². The van der Waals surface area contributed by atoms with Crippen molar-refractivity contribution in [2.45, 2.75) is 46.2 Å². The molecule has 5 nitrogen and oxygen atoms in total. The van der Waals surface area contributed by atoms with Crippen LogP contribution in [-0.2, 0) is 24.3 Å². The number of carbonyl (C=O) groups is 1. The molecule has 1 saturated heterocycles. The van der Waals surface area contributed by atoms with E-state index in [1.54, 1.807) is 0 Å². The number of benzene rings is 2. The van der Waals surface area contributed by atoms with Gasteiger partial charge in [-0.05, 0) is 63.0 Å². The molecule has 0 aliphatic carbocycles. The van der Waals surface area contributed by atoms with Gasteiger partial charge < -0.3 is 5.32 Å². The molecule has 0 spiro atoms. The first-order chi connectivity index (χ1) is 14.6. The first kappa shape index (κ1) is 20.4. The molecule has 0 atom stereocenters. The highest BCUT2D eigenvalue weighted by atomic mass is 16.1. The second-order valence-corrected chi connectivity index (χ2v) is 8.10. The van der Waals surface area contributed by atoms with E-state index in [0.717, 1.165) is 29.2 Å². The van der Waals surface area contributed by atoms with E-state index in [2.05, 4.69) is 33.5 Å². The van der Waals surface area contributed by atoms with E-state index in [0.29, 0.717) is 13.0 Å². The molecule has 1 aromatic heterocycles. The minimum absolute atomic E-state index is 0.0322. The van der Waals surface area contributed by atoms with Crippen LogP contribution in [0.2, 0.25) is 0 Å². The lowest BCUT2D eigenvalue weighted by Gasteiger charge is -2.17.